The molecule has 1 fully saturated rings. The van der Waals surface area contributed by atoms with Crippen molar-refractivity contribution in [2.75, 3.05) is 27.2 Å². The zero-order valence-electron chi connectivity index (χ0n) is 10.9. The van der Waals surface area contributed by atoms with Crippen LogP contribution in [0.1, 0.15) is 18.0 Å². The summed E-state index contributed by atoms with van der Waals surface area (Å²) in [4.78, 5) is 16.2. The summed E-state index contributed by atoms with van der Waals surface area (Å²) >= 11 is 0. The molecule has 1 aliphatic heterocycles. The van der Waals surface area contributed by atoms with E-state index in [9.17, 15) is 9.90 Å². The maximum absolute atomic E-state index is 12.5. The number of aliphatic hydroxyl groups is 1. The number of nitrogens with zero attached hydrogens (tertiary/aromatic N) is 2. The molecule has 0 aliphatic carbocycles. The number of rotatable bonds is 3. The second-order valence-corrected chi connectivity index (χ2v) is 5.00. The van der Waals surface area contributed by atoms with Gasteiger partial charge in [0.15, 0.2) is 0 Å². The molecule has 1 saturated heterocycles. The number of carbonyl (C=O) groups excluding carboxylic acids is 1. The number of likely N-dealkylation sites (tertiary alicyclic amines) is 1. The summed E-state index contributed by atoms with van der Waals surface area (Å²) in [5.74, 6) is 0.0720. The highest BCUT2D eigenvalue weighted by molar-refractivity contribution is 5.83. The Morgan fingerprint density at radius 2 is 2.06 bits per heavy atom. The summed E-state index contributed by atoms with van der Waals surface area (Å²) in [5.41, 5.74) is 0.994. The molecule has 1 aliphatic rings. The summed E-state index contributed by atoms with van der Waals surface area (Å²) in [6, 6.07) is 9.50. The third-order valence-electron chi connectivity index (χ3n) is 3.34. The average molecular weight is 248 g/mol. The minimum atomic E-state index is -0.368. The standard InChI is InChI=1S/C14H20N2O2/c1-15(2)13(11-6-4-3-5-7-11)14(18)16-9-8-12(17)10-16/h3-7,12-13,17H,8-10H2,1-2H3/t12?,13-/m1/s1. The first-order valence-corrected chi connectivity index (χ1v) is 6.28. The quantitative estimate of drug-likeness (QED) is 0.863. The van der Waals surface area contributed by atoms with Crippen LogP contribution in [0.3, 0.4) is 0 Å². The van der Waals surface area contributed by atoms with Crippen molar-refractivity contribution in [3.05, 3.63) is 35.9 Å². The van der Waals surface area contributed by atoms with Crippen LogP contribution in [0.25, 0.3) is 0 Å². The Morgan fingerprint density at radius 3 is 2.56 bits per heavy atom. The zero-order valence-corrected chi connectivity index (χ0v) is 10.9. The Kier molecular flexibility index (Phi) is 3.99. The highest BCUT2D eigenvalue weighted by Crippen LogP contribution is 2.23. The Morgan fingerprint density at radius 1 is 1.39 bits per heavy atom. The van der Waals surface area contributed by atoms with Crippen LogP contribution in [-0.2, 0) is 4.79 Å². The van der Waals surface area contributed by atoms with Crippen LogP contribution in [0.4, 0.5) is 0 Å². The van der Waals surface area contributed by atoms with Crippen LogP contribution in [0.5, 0.6) is 0 Å². The molecule has 4 nitrogen and oxygen atoms in total. The van der Waals surface area contributed by atoms with E-state index in [1.807, 2.05) is 49.3 Å². The van der Waals surface area contributed by atoms with Gasteiger partial charge in [0, 0.05) is 13.1 Å². The lowest BCUT2D eigenvalue weighted by molar-refractivity contribution is -0.135. The van der Waals surface area contributed by atoms with Gasteiger partial charge in [0.05, 0.1) is 6.10 Å². The van der Waals surface area contributed by atoms with Gasteiger partial charge in [-0.3, -0.25) is 9.69 Å². The van der Waals surface area contributed by atoms with Gasteiger partial charge in [0.25, 0.3) is 0 Å². The third-order valence-corrected chi connectivity index (χ3v) is 3.34. The first-order chi connectivity index (χ1) is 8.59. The fraction of sp³-hybridized carbons (Fsp3) is 0.500. The molecule has 2 rings (SSSR count). The van der Waals surface area contributed by atoms with Gasteiger partial charge in [0.2, 0.25) is 5.91 Å². The number of hydrogen-bond acceptors (Lipinski definition) is 3. The van der Waals surface area contributed by atoms with Crippen molar-refractivity contribution in [2.45, 2.75) is 18.6 Å². The van der Waals surface area contributed by atoms with Crippen molar-refractivity contribution in [3.8, 4) is 0 Å². The van der Waals surface area contributed by atoms with Gasteiger partial charge in [-0.2, -0.15) is 0 Å². The third kappa shape index (κ3) is 2.71. The average Bonchev–Trinajstić information content (AvgIpc) is 2.77. The molecule has 0 spiro atoms. The molecule has 0 aromatic heterocycles. The van der Waals surface area contributed by atoms with E-state index in [2.05, 4.69) is 0 Å². The van der Waals surface area contributed by atoms with Crippen molar-refractivity contribution in [3.63, 3.8) is 0 Å². The molecule has 18 heavy (non-hydrogen) atoms. The lowest BCUT2D eigenvalue weighted by Crippen LogP contribution is -2.39. The molecule has 98 valence electrons. The normalized spacial score (nSPS) is 21.3. The lowest BCUT2D eigenvalue weighted by atomic mass is 10.0. The Hall–Kier alpha value is -1.39. The molecule has 2 atom stereocenters. The summed E-state index contributed by atoms with van der Waals surface area (Å²) in [7, 11) is 3.81. The first kappa shape index (κ1) is 13.1. The Labute approximate surface area is 108 Å². The van der Waals surface area contributed by atoms with E-state index in [1.54, 1.807) is 4.90 Å². The van der Waals surface area contributed by atoms with Crippen LogP contribution in [0.15, 0.2) is 30.3 Å². The van der Waals surface area contributed by atoms with Crippen molar-refractivity contribution in [2.24, 2.45) is 0 Å². The molecule has 1 heterocycles. The second-order valence-electron chi connectivity index (χ2n) is 5.00. The summed E-state index contributed by atoms with van der Waals surface area (Å²) in [5, 5.41) is 9.53. The van der Waals surface area contributed by atoms with Crippen LogP contribution in [0, 0.1) is 0 Å². The highest BCUT2D eigenvalue weighted by Gasteiger charge is 2.31. The van der Waals surface area contributed by atoms with E-state index in [-0.39, 0.29) is 18.1 Å². The Balaban J connectivity index is 2.18. The van der Waals surface area contributed by atoms with Crippen molar-refractivity contribution in [1.29, 1.82) is 0 Å². The number of benzene rings is 1. The van der Waals surface area contributed by atoms with Crippen LogP contribution >= 0.6 is 0 Å². The van der Waals surface area contributed by atoms with Crippen molar-refractivity contribution < 1.29 is 9.90 Å². The number of carbonyl (C=O) groups is 1. The molecule has 0 bridgehead atoms. The molecule has 0 radical (unpaired) electrons. The van der Waals surface area contributed by atoms with E-state index in [0.29, 0.717) is 19.5 Å². The van der Waals surface area contributed by atoms with Gasteiger partial charge in [-0.05, 0) is 26.1 Å². The van der Waals surface area contributed by atoms with Gasteiger partial charge in [-0.1, -0.05) is 30.3 Å². The maximum atomic E-state index is 12.5. The predicted molar refractivity (Wildman–Crippen MR) is 70.1 cm³/mol. The van der Waals surface area contributed by atoms with Gasteiger partial charge in [0.1, 0.15) is 6.04 Å². The number of aliphatic hydroxyl groups excluding tert-OH is 1. The fourth-order valence-electron chi connectivity index (χ4n) is 2.41. The highest BCUT2D eigenvalue weighted by atomic mass is 16.3. The van der Waals surface area contributed by atoms with Crippen LogP contribution in [-0.4, -0.2) is 54.1 Å². The number of hydrogen-bond donors (Lipinski definition) is 1. The first-order valence-electron chi connectivity index (χ1n) is 6.28. The molecule has 1 unspecified atom stereocenters. The van der Waals surface area contributed by atoms with E-state index < -0.39 is 0 Å². The lowest BCUT2D eigenvalue weighted by Gasteiger charge is -2.28. The molecule has 1 N–H and O–H groups in total. The number of amides is 1. The maximum Gasteiger partial charge on any atom is 0.244 e. The van der Waals surface area contributed by atoms with Crippen LogP contribution < -0.4 is 0 Å². The van der Waals surface area contributed by atoms with Crippen LogP contribution in [0.2, 0.25) is 0 Å². The topological polar surface area (TPSA) is 43.8 Å². The minimum Gasteiger partial charge on any atom is -0.391 e. The van der Waals surface area contributed by atoms with Crippen molar-refractivity contribution >= 4 is 5.91 Å². The van der Waals surface area contributed by atoms with Gasteiger partial charge < -0.3 is 10.0 Å². The number of likely N-dealkylation sites (N-methyl/N-ethyl adjacent to an activating group) is 1. The van der Waals surface area contributed by atoms with E-state index in [1.165, 1.54) is 0 Å². The summed E-state index contributed by atoms with van der Waals surface area (Å²) in [6.45, 7) is 1.10. The molecule has 1 amide bonds. The predicted octanol–water partition coefficient (Wildman–Crippen LogP) is 0.882. The summed E-state index contributed by atoms with van der Waals surface area (Å²) < 4.78 is 0. The smallest absolute Gasteiger partial charge is 0.244 e. The molecule has 4 heteroatoms. The molecule has 1 aromatic rings. The second kappa shape index (κ2) is 5.50. The summed E-state index contributed by atoms with van der Waals surface area (Å²) in [6.07, 6.45) is 0.313. The monoisotopic (exact) mass is 248 g/mol. The number of β-amino-alcohol motifs (C(OH)–C–C–N with tert-alkyl or cyclic N) is 1. The Bertz CT molecular complexity index is 406. The van der Waals surface area contributed by atoms with Gasteiger partial charge in [-0.25, -0.2) is 0 Å². The molecular formula is C14H20N2O2. The largest absolute Gasteiger partial charge is 0.391 e. The van der Waals surface area contributed by atoms with Gasteiger partial charge in [-0.15, -0.1) is 0 Å². The SMILES string of the molecule is CN(C)[C@@H](C(=O)N1CCC(O)C1)c1ccccc1. The zero-order chi connectivity index (χ0) is 13.1. The fourth-order valence-corrected chi connectivity index (χ4v) is 2.41. The molecule has 1 aromatic carbocycles. The van der Waals surface area contributed by atoms with E-state index >= 15 is 0 Å². The molecular weight excluding hydrogens is 228 g/mol. The van der Waals surface area contributed by atoms with E-state index in [0.717, 1.165) is 5.56 Å². The van der Waals surface area contributed by atoms with E-state index in [4.69, 9.17) is 0 Å². The van der Waals surface area contributed by atoms with Crippen molar-refractivity contribution in [1.82, 2.24) is 9.80 Å². The molecule has 0 saturated carbocycles. The van der Waals surface area contributed by atoms with Gasteiger partial charge >= 0.3 is 0 Å². The minimum absolute atomic E-state index is 0.0720.